The van der Waals surface area contributed by atoms with Crippen LogP contribution in [0.5, 0.6) is 5.75 Å². The highest BCUT2D eigenvalue weighted by atomic mass is 16.6. The lowest BCUT2D eigenvalue weighted by molar-refractivity contribution is -0.384. The number of nitro benzene ring substituents is 1. The van der Waals surface area contributed by atoms with Crippen molar-refractivity contribution in [3.8, 4) is 5.75 Å². The van der Waals surface area contributed by atoms with Crippen molar-refractivity contribution < 1.29 is 29.8 Å². The minimum Gasteiger partial charge on any atom is -0.508 e. The van der Waals surface area contributed by atoms with Gasteiger partial charge in [-0.15, -0.1) is 0 Å². The Bertz CT molecular complexity index is 1330. The van der Waals surface area contributed by atoms with E-state index < -0.39 is 47.2 Å². The van der Waals surface area contributed by atoms with E-state index in [0.717, 1.165) is 28.0 Å². The normalized spacial score (nSPS) is 22.3. The topological polar surface area (TPSA) is 141 Å². The highest BCUT2D eigenvalue weighted by molar-refractivity contribution is 6.22. The number of aromatic hydroxyl groups is 1. The Hall–Kier alpha value is -3.82. The number of rotatable bonds is 10. The SMILES string of the molecule is CCC1=C([C@H](O)CC/C(=C/c2cccc(O)c2)CC)[C@H](CO)[C@@H]2C(=O)N(c3cccc([N+](=O)[O-])c3)C(=O)[C@@H]2C1. The van der Waals surface area contributed by atoms with Gasteiger partial charge in [0.2, 0.25) is 11.8 Å². The van der Waals surface area contributed by atoms with Crippen LogP contribution in [0.15, 0.2) is 65.3 Å². The number of hydrogen-bond acceptors (Lipinski definition) is 7. The summed E-state index contributed by atoms with van der Waals surface area (Å²) in [7, 11) is 0. The molecule has 0 radical (unpaired) electrons. The first-order chi connectivity index (χ1) is 18.7. The molecule has 1 aliphatic heterocycles. The number of carbonyl (C=O) groups is 2. The molecule has 0 bridgehead atoms. The molecule has 0 saturated carbocycles. The molecular formula is C30H34N2O7. The molecule has 9 heteroatoms. The van der Waals surface area contributed by atoms with Crippen molar-refractivity contribution in [3.05, 3.63) is 80.9 Å². The summed E-state index contributed by atoms with van der Waals surface area (Å²) in [5.74, 6) is -3.05. The van der Waals surface area contributed by atoms with Crippen LogP contribution in [0.3, 0.4) is 0 Å². The van der Waals surface area contributed by atoms with Gasteiger partial charge in [-0.05, 0) is 61.4 Å². The largest absolute Gasteiger partial charge is 0.508 e. The molecule has 0 spiro atoms. The van der Waals surface area contributed by atoms with Gasteiger partial charge in [0, 0.05) is 18.1 Å². The van der Waals surface area contributed by atoms with E-state index in [1.807, 2.05) is 26.0 Å². The Balaban J connectivity index is 1.59. The molecule has 206 valence electrons. The maximum atomic E-state index is 13.6. The number of non-ortho nitro benzene ring substituents is 1. The van der Waals surface area contributed by atoms with Crippen LogP contribution in [0.1, 0.15) is 51.5 Å². The fourth-order valence-electron chi connectivity index (χ4n) is 5.98. The third-order valence-corrected chi connectivity index (χ3v) is 7.90. The smallest absolute Gasteiger partial charge is 0.271 e. The Kier molecular flexibility index (Phi) is 8.62. The number of aliphatic hydroxyl groups is 2. The number of fused-ring (bicyclic) bond motifs is 1. The lowest BCUT2D eigenvalue weighted by Gasteiger charge is -2.36. The molecular weight excluding hydrogens is 500 g/mol. The minimum absolute atomic E-state index is 0.134. The van der Waals surface area contributed by atoms with Crippen LogP contribution >= 0.6 is 0 Å². The van der Waals surface area contributed by atoms with Gasteiger partial charge in [-0.3, -0.25) is 19.7 Å². The maximum absolute atomic E-state index is 13.6. The Labute approximate surface area is 227 Å². The summed E-state index contributed by atoms with van der Waals surface area (Å²) < 4.78 is 0. The standard InChI is InChI=1S/C30H34N2O7/c1-3-18(13-19-7-5-10-23(34)14-19)11-12-26(35)27-20(4-2)15-24-28(25(27)17-33)30(37)31(29(24)36)21-8-6-9-22(16-21)32(38)39/h5-10,13-14,16,24-26,28,33-35H,3-4,11-12,15,17H2,1-2H3/b18-13+/t24-,25+,26-,28-/m1/s1. The van der Waals surface area contributed by atoms with E-state index in [4.69, 9.17) is 0 Å². The molecule has 1 saturated heterocycles. The number of nitrogens with zero attached hydrogens (tertiary/aromatic N) is 2. The summed E-state index contributed by atoms with van der Waals surface area (Å²) >= 11 is 0. The maximum Gasteiger partial charge on any atom is 0.271 e. The van der Waals surface area contributed by atoms with Crippen LogP contribution < -0.4 is 4.90 Å². The molecule has 4 rings (SSSR count). The van der Waals surface area contributed by atoms with Crippen LogP contribution in [0, 0.1) is 27.9 Å². The average molecular weight is 535 g/mol. The van der Waals surface area contributed by atoms with E-state index in [-0.39, 0.29) is 17.1 Å². The van der Waals surface area contributed by atoms with Crippen molar-refractivity contribution in [1.29, 1.82) is 0 Å². The van der Waals surface area contributed by atoms with Gasteiger partial charge in [0.1, 0.15) is 5.75 Å². The minimum atomic E-state index is -0.910. The number of aliphatic hydroxyl groups excluding tert-OH is 2. The predicted octanol–water partition coefficient (Wildman–Crippen LogP) is 4.76. The van der Waals surface area contributed by atoms with Gasteiger partial charge in [-0.1, -0.05) is 49.3 Å². The number of amides is 2. The molecule has 3 N–H and O–H groups in total. The van der Waals surface area contributed by atoms with Crippen molar-refractivity contribution in [3.63, 3.8) is 0 Å². The van der Waals surface area contributed by atoms with E-state index in [0.29, 0.717) is 31.3 Å². The molecule has 4 atom stereocenters. The van der Waals surface area contributed by atoms with Gasteiger partial charge in [-0.25, -0.2) is 4.90 Å². The summed E-state index contributed by atoms with van der Waals surface area (Å²) in [5.41, 5.74) is 3.33. The zero-order chi connectivity index (χ0) is 28.3. The molecule has 2 amide bonds. The fourth-order valence-corrected chi connectivity index (χ4v) is 5.98. The first-order valence-corrected chi connectivity index (χ1v) is 13.3. The fraction of sp³-hybridized carbons (Fsp3) is 0.400. The van der Waals surface area contributed by atoms with Crippen molar-refractivity contribution in [2.24, 2.45) is 17.8 Å². The second kappa shape index (κ2) is 11.9. The van der Waals surface area contributed by atoms with Crippen LogP contribution in [-0.2, 0) is 9.59 Å². The second-order valence-electron chi connectivity index (χ2n) is 10.1. The molecule has 2 aromatic carbocycles. The van der Waals surface area contributed by atoms with E-state index in [1.54, 1.807) is 18.2 Å². The second-order valence-corrected chi connectivity index (χ2v) is 10.1. The lowest BCUT2D eigenvalue weighted by atomic mass is 9.67. The Morgan fingerprint density at radius 1 is 1.15 bits per heavy atom. The monoisotopic (exact) mass is 534 g/mol. The number of imide groups is 1. The molecule has 2 aliphatic rings. The zero-order valence-corrected chi connectivity index (χ0v) is 22.1. The van der Waals surface area contributed by atoms with Gasteiger partial charge in [0.15, 0.2) is 0 Å². The van der Waals surface area contributed by atoms with Crippen molar-refractivity contribution in [2.75, 3.05) is 11.5 Å². The van der Waals surface area contributed by atoms with Crippen LogP contribution in [-0.4, -0.2) is 44.8 Å². The third kappa shape index (κ3) is 5.65. The van der Waals surface area contributed by atoms with E-state index in [1.165, 1.54) is 24.3 Å². The summed E-state index contributed by atoms with van der Waals surface area (Å²) in [5, 5.41) is 42.8. The van der Waals surface area contributed by atoms with Gasteiger partial charge in [0.25, 0.3) is 5.69 Å². The average Bonchev–Trinajstić information content (AvgIpc) is 3.18. The number of hydrogen-bond donors (Lipinski definition) is 3. The quantitative estimate of drug-likeness (QED) is 0.173. The first-order valence-electron chi connectivity index (χ1n) is 13.3. The number of anilines is 1. The van der Waals surface area contributed by atoms with Crippen LogP contribution in [0.4, 0.5) is 11.4 Å². The van der Waals surface area contributed by atoms with Crippen LogP contribution in [0.2, 0.25) is 0 Å². The highest BCUT2D eigenvalue weighted by Gasteiger charge is 2.55. The van der Waals surface area contributed by atoms with E-state index in [2.05, 4.69) is 0 Å². The molecule has 2 aromatic rings. The molecule has 9 nitrogen and oxygen atoms in total. The van der Waals surface area contributed by atoms with Gasteiger partial charge in [0.05, 0.1) is 35.2 Å². The highest BCUT2D eigenvalue weighted by Crippen LogP contribution is 2.48. The number of carbonyl (C=O) groups excluding carboxylic acids is 2. The van der Waals surface area contributed by atoms with Gasteiger partial charge < -0.3 is 15.3 Å². The van der Waals surface area contributed by atoms with Gasteiger partial charge in [-0.2, -0.15) is 0 Å². The molecule has 39 heavy (non-hydrogen) atoms. The van der Waals surface area contributed by atoms with E-state index >= 15 is 0 Å². The van der Waals surface area contributed by atoms with Crippen molar-refractivity contribution in [1.82, 2.24) is 0 Å². The Morgan fingerprint density at radius 2 is 1.90 bits per heavy atom. The molecule has 1 aliphatic carbocycles. The Morgan fingerprint density at radius 3 is 2.54 bits per heavy atom. The predicted molar refractivity (Wildman–Crippen MR) is 147 cm³/mol. The molecule has 1 fully saturated rings. The summed E-state index contributed by atoms with van der Waals surface area (Å²) in [6.45, 7) is 3.54. The first kappa shape index (κ1) is 28.2. The number of allylic oxidation sites excluding steroid dienone is 2. The van der Waals surface area contributed by atoms with Gasteiger partial charge >= 0.3 is 0 Å². The van der Waals surface area contributed by atoms with Crippen molar-refractivity contribution >= 4 is 29.3 Å². The number of benzene rings is 2. The molecule has 0 aromatic heterocycles. The van der Waals surface area contributed by atoms with E-state index in [9.17, 15) is 35.0 Å². The number of phenolic OH excluding ortho intramolecular Hbond substituents is 1. The third-order valence-electron chi connectivity index (χ3n) is 7.90. The molecule has 1 heterocycles. The number of phenols is 1. The zero-order valence-electron chi connectivity index (χ0n) is 22.1. The summed E-state index contributed by atoms with van der Waals surface area (Å²) in [6, 6.07) is 12.3. The number of nitro groups is 1. The lowest BCUT2D eigenvalue weighted by Crippen LogP contribution is -2.39. The van der Waals surface area contributed by atoms with Crippen LogP contribution in [0.25, 0.3) is 6.08 Å². The summed E-state index contributed by atoms with van der Waals surface area (Å²) in [6.07, 6.45) is 3.63. The molecule has 0 unspecified atom stereocenters. The van der Waals surface area contributed by atoms with Crippen molar-refractivity contribution in [2.45, 2.75) is 52.1 Å². The summed E-state index contributed by atoms with van der Waals surface area (Å²) in [4.78, 5) is 38.7.